The number of amides is 1. The Labute approximate surface area is 242 Å². The summed E-state index contributed by atoms with van der Waals surface area (Å²) in [4.78, 5) is 43.0. The standard InChI is InChI=1S/C29H38N4O9/c1-4-9-33-10-7-12(8-11-33)31-14-6-5-13-15(22(14)35)23(36)17-16(21(13)34)24(37)19-20(32(2)3)25(38)18(28(30)41)27(40)29(19,42)26(17)39/h5-6,12,16,19-21,24,31,34-37,40,42H,4,7-11H2,1-3H3,(H2,30,41). The van der Waals surface area contributed by atoms with Gasteiger partial charge in [0.1, 0.15) is 22.8 Å². The minimum atomic E-state index is -3.04. The second-order valence-corrected chi connectivity index (χ2v) is 11.9. The number of nitrogens with zero attached hydrogens (tertiary/aromatic N) is 2. The second-order valence-electron chi connectivity index (χ2n) is 11.9. The average Bonchev–Trinajstić information content (AvgIpc) is 2.92. The maximum Gasteiger partial charge on any atom is 0.255 e. The Hall–Kier alpha value is -3.49. The number of aromatic hydroxyl groups is 1. The predicted molar refractivity (Wildman–Crippen MR) is 150 cm³/mol. The van der Waals surface area contributed by atoms with E-state index in [0.717, 1.165) is 38.9 Å². The Bertz CT molecular complexity index is 1400. The summed E-state index contributed by atoms with van der Waals surface area (Å²) in [5, 5.41) is 71.6. The molecule has 228 valence electrons. The lowest BCUT2D eigenvalue weighted by Crippen LogP contribution is -2.70. The Morgan fingerprint density at radius 3 is 2.36 bits per heavy atom. The van der Waals surface area contributed by atoms with Crippen LogP contribution in [0.15, 0.2) is 29.0 Å². The lowest BCUT2D eigenvalue weighted by atomic mass is 9.55. The second kappa shape index (κ2) is 10.7. The molecule has 1 saturated heterocycles. The number of benzene rings is 1. The van der Waals surface area contributed by atoms with Gasteiger partial charge >= 0.3 is 0 Å². The highest BCUT2D eigenvalue weighted by atomic mass is 16.4. The van der Waals surface area contributed by atoms with Crippen LogP contribution in [0.1, 0.15) is 43.4 Å². The number of carbonyl (C=O) groups is 3. The van der Waals surface area contributed by atoms with Gasteiger partial charge in [-0.2, -0.15) is 0 Å². The van der Waals surface area contributed by atoms with E-state index in [4.69, 9.17) is 5.73 Å². The van der Waals surface area contributed by atoms with Crippen LogP contribution in [-0.4, -0.2) is 115 Å². The number of carbonyl (C=O) groups excluding carboxylic acids is 3. The van der Waals surface area contributed by atoms with Gasteiger partial charge in [-0.25, -0.2) is 0 Å². The van der Waals surface area contributed by atoms with Gasteiger partial charge in [0.2, 0.25) is 5.78 Å². The van der Waals surface area contributed by atoms with Crippen molar-refractivity contribution >= 4 is 28.9 Å². The van der Waals surface area contributed by atoms with E-state index in [1.54, 1.807) is 6.07 Å². The number of nitrogens with one attached hydrogen (secondary N) is 1. The number of aliphatic hydroxyl groups excluding tert-OH is 4. The molecular formula is C29H38N4O9. The number of likely N-dealkylation sites (tertiary alicyclic amines) is 1. The molecule has 0 spiro atoms. The molecule has 42 heavy (non-hydrogen) atoms. The molecule has 13 heteroatoms. The largest absolute Gasteiger partial charge is 0.508 e. The minimum Gasteiger partial charge on any atom is -0.508 e. The predicted octanol–water partition coefficient (Wildman–Crippen LogP) is -0.288. The van der Waals surface area contributed by atoms with Crippen LogP contribution in [0.4, 0.5) is 5.69 Å². The molecule has 0 aromatic heterocycles. The third-order valence-electron chi connectivity index (χ3n) is 9.25. The third-order valence-corrected chi connectivity index (χ3v) is 9.25. The van der Waals surface area contributed by atoms with Gasteiger partial charge in [0, 0.05) is 30.6 Å². The number of ketones is 2. The number of fused-ring (bicyclic) bond motifs is 3. The first-order chi connectivity index (χ1) is 19.8. The molecule has 9 N–H and O–H groups in total. The van der Waals surface area contributed by atoms with E-state index in [0.29, 0.717) is 0 Å². The highest BCUT2D eigenvalue weighted by Gasteiger charge is 2.68. The molecule has 1 amide bonds. The van der Waals surface area contributed by atoms with Gasteiger partial charge in [-0.05, 0) is 51.5 Å². The number of piperidine rings is 1. The number of nitrogens with two attached hydrogens (primary N) is 1. The van der Waals surface area contributed by atoms with Crippen molar-refractivity contribution < 1.29 is 45.0 Å². The topological polar surface area (TPSA) is 217 Å². The molecule has 0 radical (unpaired) electrons. The van der Waals surface area contributed by atoms with Crippen LogP contribution in [0.3, 0.4) is 0 Å². The van der Waals surface area contributed by atoms with Crippen molar-refractivity contribution in [3.8, 4) is 5.75 Å². The number of phenols is 1. The molecule has 4 aliphatic rings. The van der Waals surface area contributed by atoms with Gasteiger partial charge in [0.05, 0.1) is 35.4 Å². The van der Waals surface area contributed by atoms with Crippen LogP contribution in [-0.2, 0) is 14.4 Å². The molecule has 1 aliphatic heterocycles. The number of phenolic OH excluding ortho intramolecular Hbond substituents is 1. The van der Waals surface area contributed by atoms with Crippen molar-refractivity contribution in [2.45, 2.75) is 56.1 Å². The monoisotopic (exact) mass is 586 g/mol. The fraction of sp³-hybridized carbons (Fsp3) is 0.552. The fourth-order valence-corrected chi connectivity index (χ4v) is 7.24. The van der Waals surface area contributed by atoms with E-state index in [-0.39, 0.29) is 22.9 Å². The number of aliphatic hydroxyl groups is 5. The molecule has 2 fully saturated rings. The molecule has 1 heterocycles. The maximum absolute atomic E-state index is 14.0. The number of hydrogen-bond donors (Lipinski definition) is 8. The number of anilines is 1. The van der Waals surface area contributed by atoms with E-state index in [1.807, 2.05) is 0 Å². The molecular weight excluding hydrogens is 548 g/mol. The van der Waals surface area contributed by atoms with E-state index in [9.17, 15) is 45.0 Å². The summed E-state index contributed by atoms with van der Waals surface area (Å²) in [6.45, 7) is 4.87. The molecule has 5 rings (SSSR count). The van der Waals surface area contributed by atoms with Crippen LogP contribution in [0.2, 0.25) is 0 Å². The summed E-state index contributed by atoms with van der Waals surface area (Å²) >= 11 is 0. The smallest absolute Gasteiger partial charge is 0.255 e. The molecule has 0 bridgehead atoms. The number of primary amides is 1. The molecule has 1 aromatic rings. The van der Waals surface area contributed by atoms with Crippen molar-refractivity contribution in [2.24, 2.45) is 17.6 Å². The quantitative estimate of drug-likeness (QED) is 0.159. The molecule has 6 atom stereocenters. The lowest BCUT2D eigenvalue weighted by Gasteiger charge is -2.53. The summed E-state index contributed by atoms with van der Waals surface area (Å²) in [6.07, 6.45) is -0.837. The van der Waals surface area contributed by atoms with Gasteiger partial charge in [-0.15, -0.1) is 0 Å². The van der Waals surface area contributed by atoms with Crippen LogP contribution < -0.4 is 11.1 Å². The number of hydrogen-bond acceptors (Lipinski definition) is 12. The van der Waals surface area contributed by atoms with E-state index in [1.165, 1.54) is 25.1 Å². The number of Topliss-reactive ketones (excluding diaryl/α,β-unsaturated/α-hetero) is 2. The van der Waals surface area contributed by atoms with Crippen molar-refractivity contribution in [3.05, 3.63) is 40.2 Å². The zero-order chi connectivity index (χ0) is 30.8. The van der Waals surface area contributed by atoms with Crippen molar-refractivity contribution in [3.63, 3.8) is 0 Å². The number of likely N-dealkylation sites (N-methyl/N-ethyl adjacent to an activating group) is 1. The van der Waals surface area contributed by atoms with E-state index >= 15 is 0 Å². The van der Waals surface area contributed by atoms with Crippen LogP contribution in [0, 0.1) is 11.8 Å². The van der Waals surface area contributed by atoms with Crippen LogP contribution in [0.5, 0.6) is 5.75 Å². The Balaban J connectivity index is 1.60. The van der Waals surface area contributed by atoms with E-state index < -0.39 is 81.6 Å². The van der Waals surface area contributed by atoms with Gasteiger partial charge in [-0.3, -0.25) is 19.3 Å². The van der Waals surface area contributed by atoms with Gasteiger partial charge < -0.3 is 46.6 Å². The van der Waals surface area contributed by atoms with E-state index in [2.05, 4.69) is 17.1 Å². The highest BCUT2D eigenvalue weighted by molar-refractivity contribution is 6.24. The van der Waals surface area contributed by atoms with Gasteiger partial charge in [0.25, 0.3) is 5.91 Å². The molecule has 1 aromatic carbocycles. The zero-order valence-corrected chi connectivity index (χ0v) is 23.7. The Morgan fingerprint density at radius 1 is 1.14 bits per heavy atom. The summed E-state index contributed by atoms with van der Waals surface area (Å²) < 4.78 is 0. The summed E-state index contributed by atoms with van der Waals surface area (Å²) in [6, 6.07) is 1.54. The summed E-state index contributed by atoms with van der Waals surface area (Å²) in [5.74, 6) is -9.57. The molecule has 6 unspecified atom stereocenters. The fourth-order valence-electron chi connectivity index (χ4n) is 7.24. The normalized spacial score (nSPS) is 32.1. The van der Waals surface area contributed by atoms with Crippen molar-refractivity contribution in [2.75, 3.05) is 39.0 Å². The average molecular weight is 587 g/mol. The summed E-state index contributed by atoms with van der Waals surface area (Å²) in [7, 11) is 2.83. The third kappa shape index (κ3) is 4.21. The van der Waals surface area contributed by atoms with Gasteiger partial charge in [0.15, 0.2) is 11.4 Å². The molecule has 3 aliphatic carbocycles. The lowest BCUT2D eigenvalue weighted by molar-refractivity contribution is -0.174. The molecule has 13 nitrogen and oxygen atoms in total. The number of rotatable bonds is 6. The minimum absolute atomic E-state index is 0.0229. The van der Waals surface area contributed by atoms with Gasteiger partial charge in [-0.1, -0.05) is 13.0 Å². The first kappa shape index (κ1) is 30.0. The maximum atomic E-state index is 14.0. The Morgan fingerprint density at radius 2 is 1.79 bits per heavy atom. The zero-order valence-electron chi connectivity index (χ0n) is 23.7. The summed E-state index contributed by atoms with van der Waals surface area (Å²) in [5.41, 5.74) is 0.663. The highest BCUT2D eigenvalue weighted by Crippen LogP contribution is 2.56. The Kier molecular flexibility index (Phi) is 7.60. The van der Waals surface area contributed by atoms with Crippen molar-refractivity contribution in [1.82, 2.24) is 9.80 Å². The van der Waals surface area contributed by atoms with Crippen LogP contribution >= 0.6 is 0 Å². The SMILES string of the molecule is CCCN1CCC(Nc2ccc3c(c2O)C(O)=C2C(=O)C4(O)C(O)=C(C(N)=O)C(=O)C(N(C)C)C4C(O)C2C3O)CC1. The first-order valence-electron chi connectivity index (χ1n) is 14.1. The van der Waals surface area contributed by atoms with Crippen LogP contribution in [0.25, 0.3) is 5.76 Å². The first-order valence-corrected chi connectivity index (χ1v) is 14.1. The molecule has 1 saturated carbocycles. The van der Waals surface area contributed by atoms with Crippen molar-refractivity contribution in [1.29, 1.82) is 0 Å².